The average Bonchev–Trinajstić information content (AvgIpc) is 2.85. The smallest absolute Gasteiger partial charge is 0.327 e. The third-order valence-corrected chi connectivity index (χ3v) is 3.81. The van der Waals surface area contributed by atoms with E-state index in [0.717, 1.165) is 23.7 Å². The third kappa shape index (κ3) is 5.91. The summed E-state index contributed by atoms with van der Waals surface area (Å²) in [7, 11) is 0. The number of carboxylic acid groups (broad SMARTS) is 1. The molecule has 1 rings (SSSR count). The zero-order valence-corrected chi connectivity index (χ0v) is 13.7. The van der Waals surface area contributed by atoms with Gasteiger partial charge in [0, 0.05) is 6.08 Å². The van der Waals surface area contributed by atoms with E-state index in [4.69, 9.17) is 9.84 Å². The lowest BCUT2D eigenvalue weighted by atomic mass is 9.84. The van der Waals surface area contributed by atoms with Crippen LogP contribution in [0.3, 0.4) is 0 Å². The van der Waals surface area contributed by atoms with E-state index < -0.39 is 5.97 Å². The Morgan fingerprint density at radius 3 is 2.68 bits per heavy atom. The van der Waals surface area contributed by atoms with Gasteiger partial charge in [0.25, 0.3) is 0 Å². The minimum absolute atomic E-state index is 0.0483. The van der Waals surface area contributed by atoms with Crippen LogP contribution < -0.4 is 0 Å². The Balaban J connectivity index is 2.44. The summed E-state index contributed by atoms with van der Waals surface area (Å²) < 4.78 is 6.95. The molecule has 0 aliphatic carbocycles. The molecule has 0 spiro atoms. The van der Waals surface area contributed by atoms with E-state index >= 15 is 0 Å². The molecule has 2 unspecified atom stereocenters. The fraction of sp³-hybridized carbons (Fsp3) is 0.667. The highest BCUT2D eigenvalue weighted by molar-refractivity contribution is 9.11. The summed E-state index contributed by atoms with van der Waals surface area (Å²) in [6.07, 6.45) is 8.19. The van der Waals surface area contributed by atoms with Crippen LogP contribution in [0.2, 0.25) is 0 Å². The van der Waals surface area contributed by atoms with E-state index in [9.17, 15) is 4.79 Å². The lowest BCUT2D eigenvalue weighted by Crippen LogP contribution is -2.17. The molecule has 0 aromatic heterocycles. The molecule has 1 N–H and O–H groups in total. The molecular weight excluding hydrogens is 308 g/mol. The second-order valence-corrected chi connectivity index (χ2v) is 7.36. The summed E-state index contributed by atoms with van der Waals surface area (Å²) in [5.74, 6) is -0.898. The monoisotopic (exact) mass is 330 g/mol. The van der Waals surface area contributed by atoms with Gasteiger partial charge in [-0.3, -0.25) is 0 Å². The topological polar surface area (TPSA) is 49.8 Å². The van der Waals surface area contributed by atoms with Crippen LogP contribution >= 0.6 is 15.9 Å². The highest BCUT2D eigenvalue weighted by atomic mass is 79.9. The molecule has 19 heavy (non-hydrogen) atoms. The summed E-state index contributed by atoms with van der Waals surface area (Å²) in [5, 5.41) is 8.67. The van der Waals surface area contributed by atoms with Crippen molar-refractivity contribution in [1.29, 1.82) is 0 Å². The van der Waals surface area contributed by atoms with Gasteiger partial charge < -0.3 is 9.84 Å². The van der Waals surface area contributed by atoms with Crippen LogP contribution in [-0.4, -0.2) is 22.8 Å². The van der Waals surface area contributed by atoms with E-state index in [1.54, 1.807) is 6.08 Å². The number of halogens is 1. The number of ether oxygens (including phenoxy) is 1. The molecule has 0 saturated carbocycles. The second-order valence-electron chi connectivity index (χ2n) is 6.11. The van der Waals surface area contributed by atoms with E-state index in [-0.39, 0.29) is 17.1 Å². The van der Waals surface area contributed by atoms with Crippen LogP contribution in [0.5, 0.6) is 0 Å². The van der Waals surface area contributed by atoms with Gasteiger partial charge in [-0.1, -0.05) is 41.9 Å². The van der Waals surface area contributed by atoms with Gasteiger partial charge in [0.05, 0.1) is 11.7 Å². The number of hydrogen-bond donors (Lipinski definition) is 1. The summed E-state index contributed by atoms with van der Waals surface area (Å²) >= 11 is 3.42. The third-order valence-electron chi connectivity index (χ3n) is 3.49. The number of hydrogen-bond acceptors (Lipinski definition) is 2. The average molecular weight is 331 g/mol. The lowest BCUT2D eigenvalue weighted by molar-refractivity contribution is -0.131. The molecule has 0 bridgehead atoms. The van der Waals surface area contributed by atoms with Crippen molar-refractivity contribution < 1.29 is 14.6 Å². The quantitative estimate of drug-likeness (QED) is 0.559. The van der Waals surface area contributed by atoms with Gasteiger partial charge in [0.2, 0.25) is 0 Å². The first-order valence-corrected chi connectivity index (χ1v) is 7.36. The van der Waals surface area contributed by atoms with Gasteiger partial charge in [0.15, 0.2) is 0 Å². The predicted molar refractivity (Wildman–Crippen MR) is 80.4 cm³/mol. The maximum Gasteiger partial charge on any atom is 0.327 e. The van der Waals surface area contributed by atoms with Crippen LogP contribution in [0.1, 0.15) is 47.0 Å². The summed E-state index contributed by atoms with van der Waals surface area (Å²) in [5.41, 5.74) is -0.199. The van der Waals surface area contributed by atoms with Gasteiger partial charge >= 0.3 is 5.97 Å². The molecule has 0 aromatic carbocycles. The van der Waals surface area contributed by atoms with Crippen LogP contribution in [0.4, 0.5) is 0 Å². The maximum absolute atomic E-state index is 10.6. The van der Waals surface area contributed by atoms with Crippen LogP contribution in [0.15, 0.2) is 22.7 Å². The molecule has 3 nitrogen and oxygen atoms in total. The van der Waals surface area contributed by atoms with Crippen LogP contribution in [0.25, 0.3) is 0 Å². The Labute approximate surface area is 123 Å². The zero-order valence-electron chi connectivity index (χ0n) is 12.1. The maximum atomic E-state index is 10.6. The highest BCUT2D eigenvalue weighted by Crippen LogP contribution is 2.46. The van der Waals surface area contributed by atoms with Gasteiger partial charge in [-0.15, -0.1) is 0 Å². The molecule has 1 aliphatic heterocycles. The molecular formula is C15H23BrO3. The largest absolute Gasteiger partial charge is 0.478 e. The molecule has 4 heteroatoms. The molecule has 108 valence electrons. The Hall–Kier alpha value is -0.610. The summed E-state index contributed by atoms with van der Waals surface area (Å²) in [6.45, 7) is 8.23. The first-order valence-electron chi connectivity index (χ1n) is 6.57. The van der Waals surface area contributed by atoms with Crippen molar-refractivity contribution in [2.45, 2.75) is 58.7 Å². The Bertz CT molecular complexity index is 394. The van der Waals surface area contributed by atoms with Crippen molar-refractivity contribution in [3.63, 3.8) is 0 Å². The van der Waals surface area contributed by atoms with Gasteiger partial charge in [-0.05, 0) is 43.0 Å². The van der Waals surface area contributed by atoms with Crippen molar-refractivity contribution >= 4 is 21.9 Å². The molecule has 1 fully saturated rings. The van der Waals surface area contributed by atoms with E-state index in [1.807, 2.05) is 20.8 Å². The number of aliphatic carboxylic acids is 1. The fourth-order valence-electron chi connectivity index (χ4n) is 2.17. The summed E-state index contributed by atoms with van der Waals surface area (Å²) in [4.78, 5) is 10.6. The molecule has 1 saturated heterocycles. The lowest BCUT2D eigenvalue weighted by Gasteiger charge is -2.19. The van der Waals surface area contributed by atoms with Crippen molar-refractivity contribution in [2.75, 3.05) is 0 Å². The first kappa shape index (κ1) is 16.4. The van der Waals surface area contributed by atoms with Crippen molar-refractivity contribution in [3.05, 3.63) is 22.7 Å². The molecule has 0 amide bonds. The zero-order chi connectivity index (χ0) is 14.7. The molecule has 2 atom stereocenters. The van der Waals surface area contributed by atoms with Crippen molar-refractivity contribution in [1.82, 2.24) is 0 Å². The normalized spacial score (nSPS) is 27.8. The van der Waals surface area contributed by atoms with E-state index in [2.05, 4.69) is 28.9 Å². The molecule has 0 aromatic rings. The van der Waals surface area contributed by atoms with E-state index in [1.165, 1.54) is 6.08 Å². The molecule has 0 radical (unpaired) electrons. The number of allylic oxidation sites excluding steroid dienone is 3. The van der Waals surface area contributed by atoms with Crippen molar-refractivity contribution in [2.24, 2.45) is 5.41 Å². The van der Waals surface area contributed by atoms with Crippen LogP contribution in [0, 0.1) is 5.41 Å². The highest BCUT2D eigenvalue weighted by Gasteiger charge is 2.52. The van der Waals surface area contributed by atoms with Crippen molar-refractivity contribution in [3.8, 4) is 0 Å². The predicted octanol–water partition coefficient (Wildman–Crippen LogP) is 4.28. The van der Waals surface area contributed by atoms with Gasteiger partial charge in [0.1, 0.15) is 0 Å². The Morgan fingerprint density at radius 2 is 2.16 bits per heavy atom. The minimum Gasteiger partial charge on any atom is -0.478 e. The summed E-state index contributed by atoms with van der Waals surface area (Å²) in [6, 6.07) is 0. The number of rotatable bonds is 7. The second kappa shape index (κ2) is 6.23. The Kier molecular flexibility index (Phi) is 5.39. The van der Waals surface area contributed by atoms with Crippen LogP contribution in [-0.2, 0) is 9.53 Å². The first-order chi connectivity index (χ1) is 8.65. The van der Waals surface area contributed by atoms with E-state index in [0.29, 0.717) is 0 Å². The SMILES string of the molecule is C/C(Br)=C\CCC1(C)OC1CC(C)(C)/C=C/C(=O)O. The van der Waals surface area contributed by atoms with Gasteiger partial charge in [-0.2, -0.15) is 0 Å². The molecule has 1 aliphatic rings. The fourth-order valence-corrected chi connectivity index (χ4v) is 2.40. The van der Waals surface area contributed by atoms with Gasteiger partial charge in [-0.25, -0.2) is 4.79 Å². The number of epoxide rings is 1. The Morgan fingerprint density at radius 1 is 1.53 bits per heavy atom. The molecule has 1 heterocycles. The number of carbonyl (C=O) groups is 1. The standard InChI is InChI=1S/C15H23BrO3/c1-11(16)6-5-8-15(4)12(19-15)10-14(2,3)9-7-13(17)18/h6-7,9,12H,5,8,10H2,1-4H3,(H,17,18)/b9-7+,11-6+. The number of carboxylic acids is 1. The minimum atomic E-state index is -0.898.